The van der Waals surface area contributed by atoms with Gasteiger partial charge in [0, 0.05) is 18.5 Å². The van der Waals surface area contributed by atoms with Gasteiger partial charge in [-0.2, -0.15) is 0 Å². The number of nitrogens with zero attached hydrogens (tertiary/aromatic N) is 1. The molecule has 1 aromatic rings. The van der Waals surface area contributed by atoms with Crippen molar-refractivity contribution in [2.24, 2.45) is 11.7 Å². The van der Waals surface area contributed by atoms with Gasteiger partial charge in [-0.1, -0.05) is 19.9 Å². The van der Waals surface area contributed by atoms with E-state index >= 15 is 0 Å². The number of nitrogens with two attached hydrogens (primary N) is 1. The standard InChI is InChI=1S/C14H24N2O2S/c1-11(2)9-13(15)14(17)16(6-7-18-3)10-12-5-4-8-19-12/h4-5,8,11,13H,6-7,9-10,15H2,1-3H3/t13-/m1/s1. The molecule has 1 atom stereocenters. The molecular formula is C14H24N2O2S. The predicted molar refractivity (Wildman–Crippen MR) is 79.0 cm³/mol. The Morgan fingerprint density at radius 1 is 1.53 bits per heavy atom. The van der Waals surface area contributed by atoms with E-state index in [0.29, 0.717) is 32.0 Å². The number of carbonyl (C=O) groups is 1. The summed E-state index contributed by atoms with van der Waals surface area (Å²) in [4.78, 5) is 15.3. The Hall–Kier alpha value is -0.910. The van der Waals surface area contributed by atoms with Crippen LogP contribution in [-0.4, -0.2) is 37.1 Å². The van der Waals surface area contributed by atoms with Crippen molar-refractivity contribution >= 4 is 17.2 Å². The highest BCUT2D eigenvalue weighted by molar-refractivity contribution is 7.09. The molecule has 0 spiro atoms. The number of ether oxygens (including phenoxy) is 1. The summed E-state index contributed by atoms with van der Waals surface area (Å²) in [5.41, 5.74) is 5.99. The quantitative estimate of drug-likeness (QED) is 0.795. The lowest BCUT2D eigenvalue weighted by Crippen LogP contribution is -2.45. The second kappa shape index (κ2) is 8.30. The Labute approximate surface area is 119 Å². The van der Waals surface area contributed by atoms with E-state index in [2.05, 4.69) is 13.8 Å². The van der Waals surface area contributed by atoms with Crippen molar-refractivity contribution < 1.29 is 9.53 Å². The van der Waals surface area contributed by atoms with E-state index in [9.17, 15) is 4.79 Å². The molecule has 2 N–H and O–H groups in total. The maximum Gasteiger partial charge on any atom is 0.239 e. The molecule has 0 bridgehead atoms. The molecule has 0 fully saturated rings. The van der Waals surface area contributed by atoms with Gasteiger partial charge in [0.05, 0.1) is 19.2 Å². The zero-order chi connectivity index (χ0) is 14.3. The van der Waals surface area contributed by atoms with Gasteiger partial charge in [0.15, 0.2) is 0 Å². The molecule has 0 aliphatic heterocycles. The first kappa shape index (κ1) is 16.1. The second-order valence-corrected chi connectivity index (χ2v) is 6.10. The first-order valence-corrected chi connectivity index (χ1v) is 7.48. The summed E-state index contributed by atoms with van der Waals surface area (Å²) < 4.78 is 5.07. The van der Waals surface area contributed by atoms with E-state index in [1.807, 2.05) is 17.5 Å². The average molecular weight is 284 g/mol. The number of methoxy groups -OCH3 is 1. The zero-order valence-electron chi connectivity index (χ0n) is 12.0. The molecular weight excluding hydrogens is 260 g/mol. The number of amides is 1. The van der Waals surface area contributed by atoms with Gasteiger partial charge in [-0.05, 0) is 23.8 Å². The molecule has 0 unspecified atom stereocenters. The van der Waals surface area contributed by atoms with Crippen LogP contribution in [0.3, 0.4) is 0 Å². The van der Waals surface area contributed by atoms with Gasteiger partial charge in [-0.15, -0.1) is 11.3 Å². The van der Waals surface area contributed by atoms with E-state index in [4.69, 9.17) is 10.5 Å². The number of carbonyl (C=O) groups excluding carboxylic acids is 1. The van der Waals surface area contributed by atoms with Crippen molar-refractivity contribution in [1.29, 1.82) is 0 Å². The lowest BCUT2D eigenvalue weighted by molar-refractivity contribution is -0.134. The number of hydrogen-bond acceptors (Lipinski definition) is 4. The van der Waals surface area contributed by atoms with Gasteiger partial charge in [0.25, 0.3) is 0 Å². The molecule has 0 saturated heterocycles. The average Bonchev–Trinajstić information content (AvgIpc) is 2.85. The third kappa shape index (κ3) is 5.72. The van der Waals surface area contributed by atoms with Gasteiger partial charge in [0.1, 0.15) is 0 Å². The van der Waals surface area contributed by atoms with Crippen molar-refractivity contribution in [3.8, 4) is 0 Å². The molecule has 0 aromatic carbocycles. The van der Waals surface area contributed by atoms with Crippen LogP contribution >= 0.6 is 11.3 Å². The highest BCUT2D eigenvalue weighted by Gasteiger charge is 2.22. The Balaban J connectivity index is 2.63. The fraction of sp³-hybridized carbons (Fsp3) is 0.643. The molecule has 108 valence electrons. The van der Waals surface area contributed by atoms with E-state index < -0.39 is 6.04 Å². The summed E-state index contributed by atoms with van der Waals surface area (Å²) in [5.74, 6) is 0.434. The van der Waals surface area contributed by atoms with Gasteiger partial charge < -0.3 is 15.4 Å². The zero-order valence-corrected chi connectivity index (χ0v) is 12.8. The van der Waals surface area contributed by atoms with Crippen LogP contribution in [-0.2, 0) is 16.1 Å². The third-order valence-corrected chi connectivity index (χ3v) is 3.71. The fourth-order valence-corrected chi connectivity index (χ4v) is 2.62. The van der Waals surface area contributed by atoms with Crippen LogP contribution in [0.2, 0.25) is 0 Å². The molecule has 5 heteroatoms. The number of hydrogen-bond donors (Lipinski definition) is 1. The number of thiophene rings is 1. The summed E-state index contributed by atoms with van der Waals surface area (Å²) in [6.07, 6.45) is 0.715. The van der Waals surface area contributed by atoms with Gasteiger partial charge >= 0.3 is 0 Å². The summed E-state index contributed by atoms with van der Waals surface area (Å²) >= 11 is 1.65. The molecule has 1 heterocycles. The van der Waals surface area contributed by atoms with Crippen molar-refractivity contribution in [2.75, 3.05) is 20.3 Å². The van der Waals surface area contributed by atoms with Crippen molar-refractivity contribution in [2.45, 2.75) is 32.9 Å². The van der Waals surface area contributed by atoms with Crippen molar-refractivity contribution in [1.82, 2.24) is 4.90 Å². The maximum absolute atomic E-state index is 12.4. The lowest BCUT2D eigenvalue weighted by Gasteiger charge is -2.25. The monoisotopic (exact) mass is 284 g/mol. The summed E-state index contributed by atoms with van der Waals surface area (Å²) in [5, 5.41) is 2.02. The van der Waals surface area contributed by atoms with Crippen LogP contribution in [0.25, 0.3) is 0 Å². The normalized spacial score (nSPS) is 12.7. The summed E-state index contributed by atoms with van der Waals surface area (Å²) in [7, 11) is 1.64. The largest absolute Gasteiger partial charge is 0.383 e. The first-order chi connectivity index (χ1) is 9.04. The van der Waals surface area contributed by atoms with E-state index in [-0.39, 0.29) is 5.91 Å². The Morgan fingerprint density at radius 2 is 2.26 bits per heavy atom. The molecule has 0 saturated carbocycles. The second-order valence-electron chi connectivity index (χ2n) is 5.07. The third-order valence-electron chi connectivity index (χ3n) is 2.85. The minimum atomic E-state index is -0.420. The predicted octanol–water partition coefficient (Wildman–Crippen LogP) is 2.10. The minimum Gasteiger partial charge on any atom is -0.383 e. The van der Waals surface area contributed by atoms with Gasteiger partial charge in [-0.25, -0.2) is 0 Å². The number of rotatable bonds is 8. The Bertz CT molecular complexity index is 366. The smallest absolute Gasteiger partial charge is 0.239 e. The van der Waals surface area contributed by atoms with Gasteiger partial charge in [0.2, 0.25) is 5.91 Å². The first-order valence-electron chi connectivity index (χ1n) is 6.60. The van der Waals surface area contributed by atoms with Crippen LogP contribution in [0.5, 0.6) is 0 Å². The highest BCUT2D eigenvalue weighted by Crippen LogP contribution is 2.14. The Kier molecular flexibility index (Phi) is 7.05. The maximum atomic E-state index is 12.4. The van der Waals surface area contributed by atoms with Crippen LogP contribution in [0.4, 0.5) is 0 Å². The van der Waals surface area contributed by atoms with E-state index in [1.165, 1.54) is 4.88 Å². The van der Waals surface area contributed by atoms with Crippen LogP contribution in [0.15, 0.2) is 17.5 Å². The molecule has 19 heavy (non-hydrogen) atoms. The summed E-state index contributed by atoms with van der Waals surface area (Å²) in [6.45, 7) is 5.88. The van der Waals surface area contributed by atoms with E-state index in [0.717, 1.165) is 0 Å². The van der Waals surface area contributed by atoms with Crippen LogP contribution < -0.4 is 5.73 Å². The SMILES string of the molecule is COCCN(Cc1cccs1)C(=O)[C@H](N)CC(C)C. The molecule has 1 aromatic heterocycles. The highest BCUT2D eigenvalue weighted by atomic mass is 32.1. The minimum absolute atomic E-state index is 0.0131. The van der Waals surface area contributed by atoms with Crippen molar-refractivity contribution in [3.05, 3.63) is 22.4 Å². The van der Waals surface area contributed by atoms with Crippen LogP contribution in [0, 0.1) is 5.92 Å². The lowest BCUT2D eigenvalue weighted by atomic mass is 10.0. The summed E-state index contributed by atoms with van der Waals surface area (Å²) in [6, 6.07) is 3.61. The van der Waals surface area contributed by atoms with Gasteiger partial charge in [-0.3, -0.25) is 4.79 Å². The molecule has 0 radical (unpaired) electrons. The van der Waals surface area contributed by atoms with E-state index in [1.54, 1.807) is 23.3 Å². The molecule has 0 aliphatic rings. The molecule has 0 aliphatic carbocycles. The van der Waals surface area contributed by atoms with Crippen LogP contribution in [0.1, 0.15) is 25.1 Å². The molecule has 1 rings (SSSR count). The fourth-order valence-electron chi connectivity index (χ4n) is 1.90. The Morgan fingerprint density at radius 3 is 2.79 bits per heavy atom. The van der Waals surface area contributed by atoms with Crippen molar-refractivity contribution in [3.63, 3.8) is 0 Å². The molecule has 4 nitrogen and oxygen atoms in total. The topological polar surface area (TPSA) is 55.6 Å². The molecule has 1 amide bonds.